The van der Waals surface area contributed by atoms with Gasteiger partial charge in [-0.05, 0) is 35.7 Å². The van der Waals surface area contributed by atoms with Crippen LogP contribution >= 0.6 is 0 Å². The highest BCUT2D eigenvalue weighted by Gasteiger charge is 2.20. The first-order valence-corrected chi connectivity index (χ1v) is 9.85. The van der Waals surface area contributed by atoms with Gasteiger partial charge in [-0.2, -0.15) is 0 Å². The molecule has 1 unspecified atom stereocenters. The van der Waals surface area contributed by atoms with Crippen molar-refractivity contribution in [3.63, 3.8) is 0 Å². The van der Waals surface area contributed by atoms with Gasteiger partial charge in [0.15, 0.2) is 5.78 Å². The van der Waals surface area contributed by atoms with Gasteiger partial charge in [0.2, 0.25) is 0 Å². The Kier molecular flexibility index (Phi) is 4.99. The molecule has 3 heteroatoms. The van der Waals surface area contributed by atoms with Gasteiger partial charge in [-0.25, -0.2) is 4.39 Å². The maximum absolute atomic E-state index is 14.3. The summed E-state index contributed by atoms with van der Waals surface area (Å²) in [6.07, 6.45) is 2.24. The van der Waals surface area contributed by atoms with E-state index in [2.05, 4.69) is 6.92 Å². The summed E-state index contributed by atoms with van der Waals surface area (Å²) >= 11 is 0. The monoisotopic (exact) mass is 373 g/mol. The van der Waals surface area contributed by atoms with Gasteiger partial charge < -0.3 is 4.57 Å². The molecule has 0 radical (unpaired) electrons. The third-order valence-corrected chi connectivity index (χ3v) is 5.42. The van der Waals surface area contributed by atoms with Crippen molar-refractivity contribution < 1.29 is 9.18 Å². The number of rotatable bonds is 6. The fraction of sp³-hybridized carbons (Fsp3) is 0.240. The Labute approximate surface area is 164 Å². The second-order valence-corrected chi connectivity index (χ2v) is 7.40. The molecule has 3 aromatic carbocycles. The number of aromatic nitrogens is 1. The number of ketones is 1. The molecule has 0 aliphatic heterocycles. The number of hydrogen-bond acceptors (Lipinski definition) is 1. The summed E-state index contributed by atoms with van der Waals surface area (Å²) in [6, 6.07) is 19.6. The van der Waals surface area contributed by atoms with Crippen molar-refractivity contribution in [3.05, 3.63) is 83.6 Å². The Morgan fingerprint density at radius 2 is 1.61 bits per heavy atom. The fourth-order valence-electron chi connectivity index (χ4n) is 3.99. The molecule has 4 aromatic rings. The molecule has 0 saturated carbocycles. The summed E-state index contributed by atoms with van der Waals surface area (Å²) < 4.78 is 16.2. The summed E-state index contributed by atoms with van der Waals surface area (Å²) in [6.45, 7) is 4.31. The van der Waals surface area contributed by atoms with Gasteiger partial charge in [-0.1, -0.05) is 67.9 Å². The standard InChI is InChI=1S/C25H24FNO/c1-3-8-18(26)15-27-16-23(21-11-6-7-12-24(21)27)25(28)22-14-13-17(2)19-9-4-5-10-20(19)22/h4-7,9-14,16,18H,3,8,15H2,1-2H3. The Hall–Kier alpha value is -2.94. The maximum Gasteiger partial charge on any atom is 0.195 e. The summed E-state index contributed by atoms with van der Waals surface area (Å²) in [5.41, 5.74) is 3.37. The number of benzene rings is 3. The number of para-hydroxylation sites is 1. The van der Waals surface area contributed by atoms with E-state index in [4.69, 9.17) is 0 Å². The van der Waals surface area contributed by atoms with Crippen molar-refractivity contribution in [3.8, 4) is 0 Å². The third kappa shape index (κ3) is 3.22. The van der Waals surface area contributed by atoms with Gasteiger partial charge in [0.25, 0.3) is 0 Å². The Balaban J connectivity index is 1.84. The topological polar surface area (TPSA) is 22.0 Å². The van der Waals surface area contributed by atoms with Gasteiger partial charge in [0.1, 0.15) is 6.17 Å². The molecule has 142 valence electrons. The van der Waals surface area contributed by atoms with Gasteiger partial charge in [-0.3, -0.25) is 4.79 Å². The first-order valence-electron chi connectivity index (χ1n) is 9.85. The summed E-state index contributed by atoms with van der Waals surface area (Å²) in [7, 11) is 0. The zero-order valence-corrected chi connectivity index (χ0v) is 16.3. The van der Waals surface area contributed by atoms with Crippen LogP contribution in [0.25, 0.3) is 21.7 Å². The van der Waals surface area contributed by atoms with E-state index in [-0.39, 0.29) is 12.3 Å². The molecule has 1 atom stereocenters. The van der Waals surface area contributed by atoms with E-state index < -0.39 is 6.17 Å². The minimum atomic E-state index is -0.913. The minimum Gasteiger partial charge on any atom is -0.344 e. The quantitative estimate of drug-likeness (QED) is 0.355. The van der Waals surface area contributed by atoms with Crippen molar-refractivity contribution >= 4 is 27.5 Å². The molecule has 2 nitrogen and oxygen atoms in total. The molecule has 0 N–H and O–H groups in total. The highest BCUT2D eigenvalue weighted by Crippen LogP contribution is 2.29. The molecular formula is C25H24FNO. The van der Waals surface area contributed by atoms with Crippen molar-refractivity contribution in [2.75, 3.05) is 0 Å². The van der Waals surface area contributed by atoms with E-state index in [0.717, 1.165) is 33.7 Å². The number of nitrogens with zero attached hydrogens (tertiary/aromatic N) is 1. The van der Waals surface area contributed by atoms with Crippen LogP contribution in [0.15, 0.2) is 66.9 Å². The van der Waals surface area contributed by atoms with E-state index >= 15 is 0 Å². The van der Waals surface area contributed by atoms with Gasteiger partial charge in [-0.15, -0.1) is 0 Å². The van der Waals surface area contributed by atoms with Crippen molar-refractivity contribution in [2.24, 2.45) is 0 Å². The third-order valence-electron chi connectivity index (χ3n) is 5.42. The van der Waals surface area contributed by atoms with Crippen LogP contribution in [0.3, 0.4) is 0 Å². The van der Waals surface area contributed by atoms with Crippen LogP contribution in [0, 0.1) is 6.92 Å². The molecule has 4 rings (SSSR count). The van der Waals surface area contributed by atoms with Crippen LogP contribution in [-0.4, -0.2) is 16.5 Å². The molecule has 0 aliphatic carbocycles. The lowest BCUT2D eigenvalue weighted by atomic mass is 9.95. The SMILES string of the molecule is CCCC(F)Cn1cc(C(=O)c2ccc(C)c3ccccc23)c2ccccc21. The zero-order valence-electron chi connectivity index (χ0n) is 16.3. The van der Waals surface area contributed by atoms with Crippen LogP contribution < -0.4 is 0 Å². The normalized spacial score (nSPS) is 12.5. The molecule has 0 fully saturated rings. The molecule has 0 saturated heterocycles. The molecule has 0 spiro atoms. The van der Waals surface area contributed by atoms with Crippen LogP contribution in [0.4, 0.5) is 4.39 Å². The lowest BCUT2D eigenvalue weighted by molar-refractivity contribution is 0.104. The average molecular weight is 373 g/mol. The van der Waals surface area contributed by atoms with E-state index in [1.807, 2.05) is 78.4 Å². The average Bonchev–Trinajstić information content (AvgIpc) is 3.07. The van der Waals surface area contributed by atoms with E-state index in [1.54, 1.807) is 0 Å². The Morgan fingerprint density at radius 1 is 0.929 bits per heavy atom. The molecule has 0 amide bonds. The second kappa shape index (κ2) is 7.59. The van der Waals surface area contributed by atoms with Crippen molar-refractivity contribution in [1.29, 1.82) is 0 Å². The molecule has 0 aliphatic rings. The fourth-order valence-corrected chi connectivity index (χ4v) is 3.99. The first kappa shape index (κ1) is 18.4. The van der Waals surface area contributed by atoms with E-state index in [9.17, 15) is 9.18 Å². The largest absolute Gasteiger partial charge is 0.344 e. The Morgan fingerprint density at radius 3 is 2.36 bits per heavy atom. The predicted molar refractivity (Wildman–Crippen MR) is 114 cm³/mol. The predicted octanol–water partition coefficient (Wildman–Crippen LogP) is 6.47. The van der Waals surface area contributed by atoms with E-state index in [0.29, 0.717) is 17.5 Å². The lowest BCUT2D eigenvalue weighted by Crippen LogP contribution is -2.10. The highest BCUT2D eigenvalue weighted by molar-refractivity contribution is 6.21. The number of carbonyl (C=O) groups excluding carboxylic acids is 1. The number of carbonyl (C=O) groups is 1. The van der Waals surface area contributed by atoms with Gasteiger partial charge in [0.05, 0.1) is 6.54 Å². The van der Waals surface area contributed by atoms with Crippen LogP contribution in [0.5, 0.6) is 0 Å². The highest BCUT2D eigenvalue weighted by atomic mass is 19.1. The zero-order chi connectivity index (χ0) is 19.7. The van der Waals surface area contributed by atoms with Gasteiger partial charge in [0, 0.05) is 28.2 Å². The molecule has 1 heterocycles. The lowest BCUT2D eigenvalue weighted by Gasteiger charge is -2.09. The first-order chi connectivity index (χ1) is 13.6. The molecular weight excluding hydrogens is 349 g/mol. The van der Waals surface area contributed by atoms with Crippen LogP contribution in [-0.2, 0) is 6.54 Å². The minimum absolute atomic E-state index is 0.0166. The number of hydrogen-bond donors (Lipinski definition) is 0. The van der Waals surface area contributed by atoms with Gasteiger partial charge >= 0.3 is 0 Å². The smallest absolute Gasteiger partial charge is 0.195 e. The van der Waals surface area contributed by atoms with Crippen LogP contribution in [0.2, 0.25) is 0 Å². The van der Waals surface area contributed by atoms with Crippen molar-refractivity contribution in [2.45, 2.75) is 39.4 Å². The number of fused-ring (bicyclic) bond motifs is 2. The summed E-state index contributed by atoms with van der Waals surface area (Å²) in [5, 5.41) is 2.92. The summed E-state index contributed by atoms with van der Waals surface area (Å²) in [5.74, 6) is -0.0166. The van der Waals surface area contributed by atoms with E-state index in [1.165, 1.54) is 0 Å². The maximum atomic E-state index is 14.3. The number of alkyl halides is 1. The van der Waals surface area contributed by atoms with Crippen molar-refractivity contribution in [1.82, 2.24) is 4.57 Å². The summed E-state index contributed by atoms with van der Waals surface area (Å²) in [4.78, 5) is 13.5. The Bertz CT molecular complexity index is 1160. The molecule has 28 heavy (non-hydrogen) atoms. The van der Waals surface area contributed by atoms with Crippen LogP contribution in [0.1, 0.15) is 41.3 Å². The number of halogens is 1. The molecule has 0 bridgehead atoms. The second-order valence-electron chi connectivity index (χ2n) is 7.40. The number of aryl methyl sites for hydroxylation is 1. The molecule has 1 aromatic heterocycles.